The summed E-state index contributed by atoms with van der Waals surface area (Å²) in [6, 6.07) is 10.5. The van der Waals surface area contributed by atoms with Crippen LogP contribution in [0.15, 0.2) is 54.7 Å². The van der Waals surface area contributed by atoms with Gasteiger partial charge in [0.1, 0.15) is 35.7 Å². The Balaban J connectivity index is 0.947. The molecule has 2 aromatic carbocycles. The van der Waals surface area contributed by atoms with Gasteiger partial charge in [-0.25, -0.2) is 15.0 Å². The molecule has 202 valence electrons. The van der Waals surface area contributed by atoms with Gasteiger partial charge in [0.25, 0.3) is 0 Å². The number of hydrogen-bond donors (Lipinski definition) is 2. The van der Waals surface area contributed by atoms with Gasteiger partial charge in [0, 0.05) is 16.1 Å². The summed E-state index contributed by atoms with van der Waals surface area (Å²) in [5.74, 6) is 2.26. The number of ether oxygens (including phenoxy) is 3. The van der Waals surface area contributed by atoms with Crippen molar-refractivity contribution in [1.82, 2.24) is 29.6 Å². The number of imidazole rings is 2. The van der Waals surface area contributed by atoms with Gasteiger partial charge in [-0.05, 0) is 41.1 Å². The lowest BCUT2D eigenvalue weighted by molar-refractivity contribution is 0.0739. The summed E-state index contributed by atoms with van der Waals surface area (Å²) < 4.78 is 21.4. The largest absolute Gasteiger partial charge is 0.490 e. The van der Waals surface area contributed by atoms with Crippen molar-refractivity contribution in [3.05, 3.63) is 80.7 Å². The minimum absolute atomic E-state index is 0.334. The Morgan fingerprint density at radius 2 is 1.38 bits per heavy atom. The smallest absolute Gasteiger partial charge is 0.488 e. The Bertz CT molecular complexity index is 1820. The fourth-order valence-corrected chi connectivity index (χ4v) is 5.09. The lowest BCUT2D eigenvalue weighted by Crippen LogP contribution is -2.13. The van der Waals surface area contributed by atoms with Crippen LogP contribution in [0.5, 0.6) is 5.75 Å². The SMILES string of the molecule is Clc1cc(Cl)c2nc(C3=[N+]=C(OCCOCCOc4ccc(-c5nc6c(Cl)cc(Cl)cc6[nH]5)nc4)C=C3)[nH]c2c1. The average Bonchev–Trinajstić information content (AvgIpc) is 3.67. The van der Waals surface area contributed by atoms with Crippen LogP contribution in [-0.2, 0) is 9.47 Å². The van der Waals surface area contributed by atoms with Gasteiger partial charge in [-0.3, -0.25) is 0 Å². The molecule has 2 N–H and O–H groups in total. The number of H-pyrrole nitrogens is 2. The first-order valence-corrected chi connectivity index (χ1v) is 13.6. The number of aromatic nitrogens is 5. The maximum Gasteiger partial charge on any atom is 0.488 e. The van der Waals surface area contributed by atoms with E-state index in [1.165, 1.54) is 0 Å². The fraction of sp³-hybridized carbons (Fsp3) is 0.148. The molecular formula is C27H19Cl4N6O3+. The second-order valence-electron chi connectivity index (χ2n) is 8.60. The Morgan fingerprint density at radius 3 is 2.05 bits per heavy atom. The zero-order valence-electron chi connectivity index (χ0n) is 20.6. The summed E-state index contributed by atoms with van der Waals surface area (Å²) in [4.78, 5) is 19.8. The Labute approximate surface area is 247 Å². The predicted octanol–water partition coefficient (Wildman–Crippen LogP) is 6.05. The molecule has 5 aromatic rings. The second-order valence-corrected chi connectivity index (χ2v) is 10.3. The molecule has 0 bridgehead atoms. The molecule has 9 nitrogen and oxygen atoms in total. The van der Waals surface area contributed by atoms with Crippen LogP contribution in [0, 0.1) is 0 Å². The lowest BCUT2D eigenvalue weighted by atomic mass is 10.3. The number of nitrogens with zero attached hydrogens (tertiary/aromatic N) is 4. The minimum Gasteiger partial charge on any atom is -0.490 e. The van der Waals surface area contributed by atoms with E-state index in [1.54, 1.807) is 36.5 Å². The molecule has 1 aliphatic rings. The molecule has 0 saturated carbocycles. The van der Waals surface area contributed by atoms with Crippen LogP contribution in [0.1, 0.15) is 5.82 Å². The van der Waals surface area contributed by atoms with Crippen LogP contribution in [0.2, 0.25) is 20.1 Å². The number of nitrogens with one attached hydrogen (secondary N) is 2. The van der Waals surface area contributed by atoms with Crippen molar-refractivity contribution in [2.24, 2.45) is 0 Å². The maximum absolute atomic E-state index is 6.23. The number of aromatic amines is 2. The first-order chi connectivity index (χ1) is 19.4. The number of rotatable bonds is 9. The molecule has 0 saturated heterocycles. The van der Waals surface area contributed by atoms with E-state index in [2.05, 4.69) is 29.6 Å². The van der Waals surface area contributed by atoms with Gasteiger partial charge >= 0.3 is 11.6 Å². The van der Waals surface area contributed by atoms with Gasteiger partial charge in [-0.1, -0.05) is 46.4 Å². The molecule has 6 rings (SSSR count). The molecule has 4 heterocycles. The minimum atomic E-state index is 0.334. The fourth-order valence-electron chi connectivity index (χ4n) is 4.01. The molecule has 40 heavy (non-hydrogen) atoms. The first-order valence-electron chi connectivity index (χ1n) is 12.1. The molecule has 1 aliphatic heterocycles. The standard InChI is InChI=1S/C27H18Cl4N6O3/c28-14-9-17(30)24-21(11-14)34-26(36-24)19-2-1-16(13-32-19)39-7-5-38-6-8-40-23-4-3-20(33-23)27-35-22-12-15(29)10-18(31)25(22)37-27/h1-4,9-13H,5-8H2,(H,32,34,36)/p+1. The number of allylic oxidation sites excluding steroid dienone is 1. The molecule has 3 aromatic heterocycles. The molecule has 0 fully saturated rings. The molecule has 0 radical (unpaired) electrons. The van der Waals surface area contributed by atoms with Crippen molar-refractivity contribution in [3.8, 4) is 17.3 Å². The highest BCUT2D eigenvalue weighted by Gasteiger charge is 2.24. The van der Waals surface area contributed by atoms with Gasteiger partial charge in [-0.15, -0.1) is 0 Å². The van der Waals surface area contributed by atoms with E-state index in [0.717, 1.165) is 11.0 Å². The molecule has 0 unspecified atom stereocenters. The van der Waals surface area contributed by atoms with Gasteiger partial charge in [0.05, 0.1) is 46.6 Å². The Hall–Kier alpha value is -3.56. The van der Waals surface area contributed by atoms with Crippen molar-refractivity contribution in [2.75, 3.05) is 26.4 Å². The third-order valence-electron chi connectivity index (χ3n) is 5.82. The highest BCUT2D eigenvalue weighted by atomic mass is 35.5. The van der Waals surface area contributed by atoms with Gasteiger partial charge in [0.2, 0.25) is 5.82 Å². The van der Waals surface area contributed by atoms with Crippen molar-refractivity contribution in [3.63, 3.8) is 0 Å². The van der Waals surface area contributed by atoms with Crippen molar-refractivity contribution >= 4 is 80.1 Å². The number of pyridine rings is 1. The van der Waals surface area contributed by atoms with Gasteiger partial charge in [0.15, 0.2) is 5.82 Å². The molecule has 0 spiro atoms. The molecule has 0 aliphatic carbocycles. The van der Waals surface area contributed by atoms with Crippen LogP contribution in [0.25, 0.3) is 33.6 Å². The van der Waals surface area contributed by atoms with Crippen LogP contribution in [0.4, 0.5) is 0 Å². The summed E-state index contributed by atoms with van der Waals surface area (Å²) in [7, 11) is 0. The van der Waals surface area contributed by atoms with E-state index in [0.29, 0.717) is 92.3 Å². The molecule has 0 amide bonds. The summed E-state index contributed by atoms with van der Waals surface area (Å²) >= 11 is 24.6. The van der Waals surface area contributed by atoms with E-state index in [1.807, 2.05) is 18.2 Å². The van der Waals surface area contributed by atoms with Crippen LogP contribution < -0.4 is 9.40 Å². The van der Waals surface area contributed by atoms with E-state index in [-0.39, 0.29) is 0 Å². The van der Waals surface area contributed by atoms with E-state index >= 15 is 0 Å². The third-order valence-corrected chi connectivity index (χ3v) is 6.83. The molecule has 0 atom stereocenters. The van der Waals surface area contributed by atoms with E-state index in [4.69, 9.17) is 60.6 Å². The molecular weight excluding hydrogens is 598 g/mol. The number of hydrogen-bond acceptors (Lipinski definition) is 6. The van der Waals surface area contributed by atoms with Crippen molar-refractivity contribution in [1.29, 1.82) is 0 Å². The van der Waals surface area contributed by atoms with E-state index in [9.17, 15) is 0 Å². The zero-order chi connectivity index (χ0) is 27.6. The normalized spacial score (nSPS) is 12.8. The van der Waals surface area contributed by atoms with Crippen LogP contribution >= 0.6 is 46.4 Å². The lowest BCUT2D eigenvalue weighted by Gasteiger charge is -2.07. The van der Waals surface area contributed by atoms with E-state index < -0.39 is 0 Å². The van der Waals surface area contributed by atoms with Gasteiger partial charge < -0.3 is 24.2 Å². The number of halogens is 4. The number of benzene rings is 2. The number of fused-ring (bicyclic) bond motifs is 2. The Morgan fingerprint density at radius 1 is 0.725 bits per heavy atom. The molecule has 13 heteroatoms. The summed E-state index contributed by atoms with van der Waals surface area (Å²) in [5, 5.41) is 2.02. The van der Waals surface area contributed by atoms with Crippen molar-refractivity contribution in [2.45, 2.75) is 0 Å². The van der Waals surface area contributed by atoms with Crippen molar-refractivity contribution < 1.29 is 14.2 Å². The zero-order valence-corrected chi connectivity index (χ0v) is 23.6. The third kappa shape index (κ3) is 5.81. The predicted molar refractivity (Wildman–Crippen MR) is 158 cm³/mol. The monoisotopic (exact) mass is 615 g/mol. The maximum atomic E-state index is 6.23. The van der Waals surface area contributed by atoms with Crippen LogP contribution in [-0.4, -0.2) is 63.0 Å². The highest BCUT2D eigenvalue weighted by Crippen LogP contribution is 2.29. The second kappa shape index (κ2) is 11.5. The average molecular weight is 617 g/mol. The highest BCUT2D eigenvalue weighted by molar-refractivity contribution is 6.39. The topological polar surface area (TPSA) is 112 Å². The first kappa shape index (κ1) is 26.7. The quantitative estimate of drug-likeness (QED) is 0.154. The summed E-state index contributed by atoms with van der Waals surface area (Å²) in [6.07, 6.45) is 5.21. The Kier molecular flexibility index (Phi) is 7.67. The van der Waals surface area contributed by atoms with Crippen LogP contribution in [0.3, 0.4) is 0 Å². The van der Waals surface area contributed by atoms with Gasteiger partial charge in [-0.2, -0.15) is 0 Å². The summed E-state index contributed by atoms with van der Waals surface area (Å²) in [6.45, 7) is 1.45. The summed E-state index contributed by atoms with van der Waals surface area (Å²) in [5.41, 5.74) is 4.05.